The molecule has 0 amide bonds. The van der Waals surface area contributed by atoms with Crippen LogP contribution in [0.4, 0.5) is 0 Å². The van der Waals surface area contributed by atoms with E-state index >= 15 is 0 Å². The van der Waals surface area contributed by atoms with Crippen LogP contribution in [0.3, 0.4) is 0 Å². The summed E-state index contributed by atoms with van der Waals surface area (Å²) < 4.78 is 12.3. The molecular weight excluding hydrogens is 344 g/mol. The van der Waals surface area contributed by atoms with Gasteiger partial charge in [-0.1, -0.05) is 15.9 Å². The van der Waals surface area contributed by atoms with E-state index in [1.165, 1.54) is 0 Å². The van der Waals surface area contributed by atoms with Crippen LogP contribution in [0.2, 0.25) is 0 Å². The largest absolute Gasteiger partial charge is 0.496 e. The second-order valence-corrected chi connectivity index (χ2v) is 5.40. The van der Waals surface area contributed by atoms with Crippen LogP contribution in [0.1, 0.15) is 0 Å². The van der Waals surface area contributed by atoms with Crippen LogP contribution >= 0.6 is 15.9 Å². The second-order valence-electron chi connectivity index (χ2n) is 4.49. The summed E-state index contributed by atoms with van der Waals surface area (Å²) in [7, 11) is 1.63. The number of ether oxygens (including phenoxy) is 2. The standard InChI is InChI=1S/C17H13BrN2O2/c1-21-16-8-10-19-11-15(16)14-3-2-9-20-17(14)22-13-6-4-12(18)5-7-13/h2-11H,1H3. The van der Waals surface area contributed by atoms with E-state index in [0.29, 0.717) is 11.6 Å². The zero-order chi connectivity index (χ0) is 15.4. The van der Waals surface area contributed by atoms with Crippen LogP contribution in [0, 0.1) is 0 Å². The third-order valence-corrected chi connectivity index (χ3v) is 3.62. The minimum absolute atomic E-state index is 0.510. The summed E-state index contributed by atoms with van der Waals surface area (Å²) in [5, 5.41) is 0. The molecule has 0 N–H and O–H groups in total. The fourth-order valence-corrected chi connectivity index (χ4v) is 2.32. The van der Waals surface area contributed by atoms with E-state index in [9.17, 15) is 0 Å². The van der Waals surface area contributed by atoms with Gasteiger partial charge in [0.2, 0.25) is 5.88 Å². The molecule has 4 nitrogen and oxygen atoms in total. The van der Waals surface area contributed by atoms with Crippen molar-refractivity contribution >= 4 is 15.9 Å². The van der Waals surface area contributed by atoms with E-state index in [-0.39, 0.29) is 0 Å². The first kappa shape index (κ1) is 14.5. The summed E-state index contributed by atoms with van der Waals surface area (Å²) >= 11 is 3.40. The van der Waals surface area contributed by atoms with Crippen molar-refractivity contribution in [3.63, 3.8) is 0 Å². The zero-order valence-corrected chi connectivity index (χ0v) is 13.4. The van der Waals surface area contributed by atoms with Crippen LogP contribution < -0.4 is 9.47 Å². The third-order valence-electron chi connectivity index (χ3n) is 3.09. The van der Waals surface area contributed by atoms with Crippen molar-refractivity contribution in [1.29, 1.82) is 0 Å². The van der Waals surface area contributed by atoms with E-state index in [1.807, 2.05) is 42.5 Å². The van der Waals surface area contributed by atoms with Gasteiger partial charge in [-0.3, -0.25) is 4.98 Å². The lowest BCUT2D eigenvalue weighted by molar-refractivity contribution is 0.415. The maximum Gasteiger partial charge on any atom is 0.227 e. The molecule has 110 valence electrons. The lowest BCUT2D eigenvalue weighted by atomic mass is 10.1. The van der Waals surface area contributed by atoms with Crippen molar-refractivity contribution in [3.05, 3.63) is 65.5 Å². The minimum atomic E-state index is 0.510. The maximum absolute atomic E-state index is 5.90. The van der Waals surface area contributed by atoms with Gasteiger partial charge in [0.05, 0.1) is 7.11 Å². The van der Waals surface area contributed by atoms with Gasteiger partial charge in [-0.15, -0.1) is 0 Å². The predicted octanol–water partition coefficient (Wildman–Crippen LogP) is 4.71. The van der Waals surface area contributed by atoms with Crippen LogP contribution in [-0.2, 0) is 0 Å². The van der Waals surface area contributed by atoms with Crippen LogP contribution in [0.25, 0.3) is 11.1 Å². The smallest absolute Gasteiger partial charge is 0.227 e. The molecule has 0 fully saturated rings. The van der Waals surface area contributed by atoms with Crippen molar-refractivity contribution in [1.82, 2.24) is 9.97 Å². The number of rotatable bonds is 4. The quantitative estimate of drug-likeness (QED) is 0.679. The number of aromatic nitrogens is 2. The van der Waals surface area contributed by atoms with E-state index < -0.39 is 0 Å². The first-order valence-corrected chi connectivity index (χ1v) is 7.44. The normalized spacial score (nSPS) is 10.3. The molecule has 22 heavy (non-hydrogen) atoms. The molecule has 0 aliphatic rings. The zero-order valence-electron chi connectivity index (χ0n) is 11.9. The van der Waals surface area contributed by atoms with Crippen molar-refractivity contribution < 1.29 is 9.47 Å². The molecule has 0 spiro atoms. The van der Waals surface area contributed by atoms with Crippen molar-refractivity contribution in [2.24, 2.45) is 0 Å². The number of methoxy groups -OCH3 is 1. The van der Waals surface area contributed by atoms with E-state index in [1.54, 1.807) is 25.7 Å². The van der Waals surface area contributed by atoms with E-state index in [4.69, 9.17) is 9.47 Å². The Morgan fingerprint density at radius 2 is 1.77 bits per heavy atom. The second kappa shape index (κ2) is 6.58. The SMILES string of the molecule is COc1ccncc1-c1cccnc1Oc1ccc(Br)cc1. The van der Waals surface area contributed by atoms with Gasteiger partial charge in [-0.25, -0.2) is 4.98 Å². The van der Waals surface area contributed by atoms with Gasteiger partial charge >= 0.3 is 0 Å². The Kier molecular flexibility index (Phi) is 4.34. The highest BCUT2D eigenvalue weighted by Gasteiger charge is 2.13. The van der Waals surface area contributed by atoms with Crippen LogP contribution in [-0.4, -0.2) is 17.1 Å². The number of pyridine rings is 2. The molecule has 0 aliphatic carbocycles. The topological polar surface area (TPSA) is 44.2 Å². The average Bonchev–Trinajstić information content (AvgIpc) is 2.57. The van der Waals surface area contributed by atoms with Crippen LogP contribution in [0.5, 0.6) is 17.4 Å². The van der Waals surface area contributed by atoms with E-state index in [2.05, 4.69) is 25.9 Å². The molecule has 0 saturated heterocycles. The van der Waals surface area contributed by atoms with Gasteiger partial charge in [0.25, 0.3) is 0 Å². The minimum Gasteiger partial charge on any atom is -0.496 e. The number of nitrogens with zero attached hydrogens (tertiary/aromatic N) is 2. The Morgan fingerprint density at radius 3 is 2.55 bits per heavy atom. The van der Waals surface area contributed by atoms with Crippen LogP contribution in [0.15, 0.2) is 65.5 Å². The van der Waals surface area contributed by atoms with E-state index in [0.717, 1.165) is 21.3 Å². The highest BCUT2D eigenvalue weighted by Crippen LogP contribution is 2.36. The molecule has 2 aromatic heterocycles. The summed E-state index contributed by atoms with van der Waals surface area (Å²) in [4.78, 5) is 8.49. The molecule has 0 bridgehead atoms. The van der Waals surface area contributed by atoms with Gasteiger partial charge in [0.15, 0.2) is 0 Å². The summed E-state index contributed by atoms with van der Waals surface area (Å²) in [5.41, 5.74) is 1.67. The summed E-state index contributed by atoms with van der Waals surface area (Å²) in [6.07, 6.45) is 5.12. The lowest BCUT2D eigenvalue weighted by Gasteiger charge is -2.12. The fourth-order valence-electron chi connectivity index (χ4n) is 2.05. The Labute approximate surface area is 136 Å². The summed E-state index contributed by atoms with van der Waals surface area (Å²) in [5.74, 6) is 1.95. The highest BCUT2D eigenvalue weighted by atomic mass is 79.9. The average molecular weight is 357 g/mol. The monoisotopic (exact) mass is 356 g/mol. The number of benzene rings is 1. The molecule has 0 radical (unpaired) electrons. The molecular formula is C17H13BrN2O2. The molecule has 3 aromatic rings. The number of halogens is 1. The molecule has 0 aliphatic heterocycles. The Hall–Kier alpha value is -2.40. The number of hydrogen-bond donors (Lipinski definition) is 0. The Morgan fingerprint density at radius 1 is 0.955 bits per heavy atom. The van der Waals surface area contributed by atoms with Crippen molar-refractivity contribution in [3.8, 4) is 28.5 Å². The van der Waals surface area contributed by atoms with Gasteiger partial charge in [0, 0.05) is 34.2 Å². The molecule has 2 heterocycles. The lowest BCUT2D eigenvalue weighted by Crippen LogP contribution is -1.94. The first-order valence-electron chi connectivity index (χ1n) is 6.65. The third kappa shape index (κ3) is 3.09. The highest BCUT2D eigenvalue weighted by molar-refractivity contribution is 9.10. The van der Waals surface area contributed by atoms with Gasteiger partial charge < -0.3 is 9.47 Å². The van der Waals surface area contributed by atoms with Crippen molar-refractivity contribution in [2.45, 2.75) is 0 Å². The Bertz CT molecular complexity index is 776. The number of hydrogen-bond acceptors (Lipinski definition) is 4. The maximum atomic E-state index is 5.90. The molecule has 0 atom stereocenters. The van der Waals surface area contributed by atoms with Crippen molar-refractivity contribution in [2.75, 3.05) is 7.11 Å². The summed E-state index contributed by atoms with van der Waals surface area (Å²) in [6.45, 7) is 0. The molecule has 1 aromatic carbocycles. The molecule has 3 rings (SSSR count). The molecule has 0 unspecified atom stereocenters. The Balaban J connectivity index is 2.01. The molecule has 0 saturated carbocycles. The molecule has 5 heteroatoms. The predicted molar refractivity (Wildman–Crippen MR) is 88.2 cm³/mol. The van der Waals surface area contributed by atoms with Gasteiger partial charge in [0.1, 0.15) is 11.5 Å². The fraction of sp³-hybridized carbons (Fsp3) is 0.0588. The van der Waals surface area contributed by atoms with Gasteiger partial charge in [-0.2, -0.15) is 0 Å². The summed E-state index contributed by atoms with van der Waals surface area (Å²) in [6, 6.07) is 13.2. The first-order chi connectivity index (χ1) is 10.8. The van der Waals surface area contributed by atoms with Gasteiger partial charge in [-0.05, 0) is 42.5 Å².